The van der Waals surface area contributed by atoms with Gasteiger partial charge in [-0.2, -0.15) is 0 Å². The van der Waals surface area contributed by atoms with E-state index < -0.39 is 0 Å². The number of rotatable bonds is 2. The van der Waals surface area contributed by atoms with Crippen molar-refractivity contribution in [3.63, 3.8) is 0 Å². The Balaban J connectivity index is 1.65. The van der Waals surface area contributed by atoms with Crippen LogP contribution in [0.5, 0.6) is 0 Å². The monoisotopic (exact) mass is 342 g/mol. The Hall–Kier alpha value is -1.72. The molecule has 5 heteroatoms. The van der Waals surface area contributed by atoms with Crippen LogP contribution in [0.4, 0.5) is 0 Å². The van der Waals surface area contributed by atoms with Crippen LogP contribution in [0, 0.1) is 0 Å². The molecule has 1 fully saturated rings. The maximum Gasteiger partial charge on any atom is 0.264 e. The SMILES string of the molecule is C[C@@H]1CC[C@@H](C)N1C(=O)c1ccc(-c2nc3ccccc3s2)s1. The summed E-state index contributed by atoms with van der Waals surface area (Å²) in [6.45, 7) is 4.28. The maximum atomic E-state index is 12.8. The highest BCUT2D eigenvalue weighted by molar-refractivity contribution is 7.26. The lowest BCUT2D eigenvalue weighted by molar-refractivity contribution is 0.0698. The summed E-state index contributed by atoms with van der Waals surface area (Å²) in [5.74, 6) is 0.167. The molecule has 3 nitrogen and oxygen atoms in total. The lowest BCUT2D eigenvalue weighted by Crippen LogP contribution is -2.38. The smallest absolute Gasteiger partial charge is 0.264 e. The molecular weight excluding hydrogens is 324 g/mol. The van der Waals surface area contributed by atoms with E-state index in [2.05, 4.69) is 24.9 Å². The summed E-state index contributed by atoms with van der Waals surface area (Å²) in [5.41, 5.74) is 1.02. The normalized spacial score (nSPS) is 21.2. The molecule has 0 saturated carbocycles. The van der Waals surface area contributed by atoms with Crippen molar-refractivity contribution >= 4 is 38.8 Å². The molecule has 2 aromatic heterocycles. The molecule has 0 unspecified atom stereocenters. The Morgan fingerprint density at radius 2 is 1.83 bits per heavy atom. The van der Waals surface area contributed by atoms with Gasteiger partial charge in [-0.15, -0.1) is 22.7 Å². The first-order valence-electron chi connectivity index (χ1n) is 7.92. The Morgan fingerprint density at radius 1 is 1.09 bits per heavy atom. The predicted octanol–water partition coefficient (Wildman–Crippen LogP) is 5.04. The molecule has 0 spiro atoms. The summed E-state index contributed by atoms with van der Waals surface area (Å²) in [5, 5.41) is 0.998. The molecule has 4 rings (SSSR count). The minimum Gasteiger partial charge on any atom is -0.333 e. The zero-order valence-corrected chi connectivity index (χ0v) is 14.8. The minimum atomic E-state index is 0.167. The second-order valence-corrected chi connectivity index (χ2v) is 8.25. The molecule has 1 amide bonds. The topological polar surface area (TPSA) is 33.2 Å². The third-order valence-corrected chi connectivity index (χ3v) is 6.79. The van der Waals surface area contributed by atoms with Gasteiger partial charge in [-0.1, -0.05) is 12.1 Å². The number of carbonyl (C=O) groups is 1. The lowest BCUT2D eigenvalue weighted by Gasteiger charge is -2.25. The van der Waals surface area contributed by atoms with Gasteiger partial charge >= 0.3 is 0 Å². The number of hydrogen-bond acceptors (Lipinski definition) is 4. The van der Waals surface area contributed by atoms with Crippen molar-refractivity contribution in [1.82, 2.24) is 9.88 Å². The molecule has 118 valence electrons. The van der Waals surface area contributed by atoms with Crippen LogP contribution in [0.25, 0.3) is 20.1 Å². The average molecular weight is 342 g/mol. The summed E-state index contributed by atoms with van der Waals surface area (Å²) in [7, 11) is 0. The van der Waals surface area contributed by atoms with Crippen molar-refractivity contribution in [2.45, 2.75) is 38.8 Å². The largest absolute Gasteiger partial charge is 0.333 e. The van der Waals surface area contributed by atoms with Gasteiger partial charge in [-0.25, -0.2) is 4.98 Å². The standard InChI is InChI=1S/C18H18N2OS2/c1-11-7-8-12(2)20(11)18(21)16-10-9-15(22-16)17-19-13-5-3-4-6-14(13)23-17/h3-6,9-12H,7-8H2,1-2H3/t11-,12-/m1/s1. The number of para-hydroxylation sites is 1. The van der Waals surface area contributed by atoms with E-state index in [1.165, 1.54) is 4.70 Å². The zero-order chi connectivity index (χ0) is 16.0. The molecule has 1 aromatic carbocycles. The number of benzene rings is 1. The van der Waals surface area contributed by atoms with Crippen LogP contribution in [0.2, 0.25) is 0 Å². The van der Waals surface area contributed by atoms with Crippen LogP contribution in [-0.4, -0.2) is 27.9 Å². The van der Waals surface area contributed by atoms with Gasteiger partial charge in [0, 0.05) is 12.1 Å². The molecule has 3 aromatic rings. The Morgan fingerprint density at radius 3 is 2.57 bits per heavy atom. The van der Waals surface area contributed by atoms with E-state index in [1.807, 2.05) is 35.2 Å². The summed E-state index contributed by atoms with van der Waals surface area (Å²) >= 11 is 3.24. The zero-order valence-electron chi connectivity index (χ0n) is 13.2. The molecule has 0 N–H and O–H groups in total. The van der Waals surface area contributed by atoms with Crippen molar-refractivity contribution in [1.29, 1.82) is 0 Å². The quantitative estimate of drug-likeness (QED) is 0.654. The first-order valence-corrected chi connectivity index (χ1v) is 9.55. The van der Waals surface area contributed by atoms with Crippen LogP contribution in [0.1, 0.15) is 36.4 Å². The molecule has 23 heavy (non-hydrogen) atoms. The summed E-state index contributed by atoms with van der Waals surface area (Å²) in [6, 6.07) is 12.8. The van der Waals surface area contributed by atoms with Crippen LogP contribution in [-0.2, 0) is 0 Å². The van der Waals surface area contributed by atoms with Gasteiger partial charge in [0.25, 0.3) is 5.91 Å². The van der Waals surface area contributed by atoms with Gasteiger partial charge in [-0.05, 0) is 51.0 Å². The highest BCUT2D eigenvalue weighted by Crippen LogP contribution is 2.36. The second kappa shape index (κ2) is 5.73. The van der Waals surface area contributed by atoms with Gasteiger partial charge in [0.15, 0.2) is 0 Å². The first-order chi connectivity index (χ1) is 11.1. The van der Waals surface area contributed by atoms with Crippen molar-refractivity contribution in [3.05, 3.63) is 41.3 Å². The molecule has 0 radical (unpaired) electrons. The molecule has 0 bridgehead atoms. The fraction of sp³-hybridized carbons (Fsp3) is 0.333. The number of thiazole rings is 1. The number of thiophene rings is 1. The number of carbonyl (C=O) groups excluding carboxylic acids is 1. The van der Waals surface area contributed by atoms with E-state index in [-0.39, 0.29) is 5.91 Å². The molecule has 1 saturated heterocycles. The van der Waals surface area contributed by atoms with Gasteiger partial charge < -0.3 is 4.90 Å². The Bertz CT molecular complexity index is 824. The lowest BCUT2D eigenvalue weighted by atomic mass is 10.2. The number of aromatic nitrogens is 1. The fourth-order valence-corrected chi connectivity index (χ4v) is 5.24. The van der Waals surface area contributed by atoms with Crippen molar-refractivity contribution in [3.8, 4) is 9.88 Å². The summed E-state index contributed by atoms with van der Waals surface area (Å²) in [6.07, 6.45) is 2.20. The van der Waals surface area contributed by atoms with E-state index >= 15 is 0 Å². The number of amides is 1. The van der Waals surface area contributed by atoms with Crippen LogP contribution in [0.15, 0.2) is 36.4 Å². The molecule has 1 aliphatic heterocycles. The van der Waals surface area contributed by atoms with Crippen molar-refractivity contribution in [2.75, 3.05) is 0 Å². The van der Waals surface area contributed by atoms with Crippen molar-refractivity contribution < 1.29 is 4.79 Å². The highest BCUT2D eigenvalue weighted by Gasteiger charge is 2.32. The number of nitrogens with zero attached hydrogens (tertiary/aromatic N) is 2. The van der Waals surface area contributed by atoms with Crippen molar-refractivity contribution in [2.24, 2.45) is 0 Å². The minimum absolute atomic E-state index is 0.167. The van der Waals surface area contributed by atoms with Crippen LogP contribution >= 0.6 is 22.7 Å². The number of hydrogen-bond donors (Lipinski definition) is 0. The molecule has 0 aliphatic carbocycles. The van der Waals surface area contributed by atoms with Crippen LogP contribution < -0.4 is 0 Å². The fourth-order valence-electron chi connectivity index (χ4n) is 3.27. The Labute approximate surface area is 143 Å². The second-order valence-electron chi connectivity index (χ2n) is 6.14. The molecule has 3 heterocycles. The molecule has 2 atom stereocenters. The van der Waals surface area contributed by atoms with E-state index in [9.17, 15) is 4.79 Å². The highest BCUT2D eigenvalue weighted by atomic mass is 32.1. The van der Waals surface area contributed by atoms with E-state index in [4.69, 9.17) is 0 Å². The van der Waals surface area contributed by atoms with E-state index in [1.54, 1.807) is 22.7 Å². The number of likely N-dealkylation sites (tertiary alicyclic amines) is 1. The molecule has 1 aliphatic rings. The third kappa shape index (κ3) is 2.58. The maximum absolute atomic E-state index is 12.8. The summed E-state index contributed by atoms with van der Waals surface area (Å²) < 4.78 is 1.19. The van der Waals surface area contributed by atoms with E-state index in [0.717, 1.165) is 33.1 Å². The van der Waals surface area contributed by atoms with Gasteiger partial charge in [0.05, 0.1) is 20.0 Å². The van der Waals surface area contributed by atoms with Gasteiger partial charge in [0.2, 0.25) is 0 Å². The number of fused-ring (bicyclic) bond motifs is 1. The summed E-state index contributed by atoms with van der Waals surface area (Å²) in [4.78, 5) is 21.4. The third-order valence-electron chi connectivity index (χ3n) is 4.51. The van der Waals surface area contributed by atoms with E-state index in [0.29, 0.717) is 12.1 Å². The Kier molecular flexibility index (Phi) is 3.70. The molecular formula is C18H18N2OS2. The first kappa shape index (κ1) is 14.8. The van der Waals surface area contributed by atoms with Crippen LogP contribution in [0.3, 0.4) is 0 Å². The van der Waals surface area contributed by atoms with Gasteiger partial charge in [0.1, 0.15) is 5.01 Å². The average Bonchev–Trinajstić information content (AvgIpc) is 3.24. The predicted molar refractivity (Wildman–Crippen MR) is 97.3 cm³/mol. The van der Waals surface area contributed by atoms with Gasteiger partial charge in [-0.3, -0.25) is 4.79 Å².